The van der Waals surface area contributed by atoms with Crippen molar-refractivity contribution in [2.75, 3.05) is 20.1 Å². The van der Waals surface area contributed by atoms with Crippen molar-refractivity contribution >= 4 is 0 Å². The molecule has 2 nitrogen and oxygen atoms in total. The van der Waals surface area contributed by atoms with E-state index in [4.69, 9.17) is 0 Å². The summed E-state index contributed by atoms with van der Waals surface area (Å²) >= 11 is 0. The molecule has 76 valence electrons. The molecule has 1 atom stereocenters. The van der Waals surface area contributed by atoms with Crippen molar-refractivity contribution in [1.82, 2.24) is 10.6 Å². The molecule has 0 fully saturated rings. The fraction of sp³-hybridized carbons (Fsp3) is 0.818. The van der Waals surface area contributed by atoms with E-state index in [1.54, 1.807) is 5.57 Å². The molecule has 0 aromatic heterocycles. The van der Waals surface area contributed by atoms with Crippen LogP contribution in [0.2, 0.25) is 0 Å². The van der Waals surface area contributed by atoms with Crippen molar-refractivity contribution in [1.29, 1.82) is 0 Å². The van der Waals surface area contributed by atoms with Crippen LogP contribution in [0.1, 0.15) is 27.2 Å². The third kappa shape index (κ3) is 2.47. The largest absolute Gasteiger partial charge is 0.388 e. The molecule has 0 saturated carbocycles. The fourth-order valence-electron chi connectivity index (χ4n) is 2.05. The van der Waals surface area contributed by atoms with Gasteiger partial charge in [-0.2, -0.15) is 0 Å². The topological polar surface area (TPSA) is 24.1 Å². The molecule has 0 bridgehead atoms. The monoisotopic (exact) mass is 182 g/mol. The summed E-state index contributed by atoms with van der Waals surface area (Å²) in [4.78, 5) is 0. The summed E-state index contributed by atoms with van der Waals surface area (Å²) < 4.78 is 0. The van der Waals surface area contributed by atoms with E-state index in [1.165, 1.54) is 12.1 Å². The lowest BCUT2D eigenvalue weighted by molar-refractivity contribution is 0.446. The standard InChI is InChI=1S/C11H22N2/c1-8(2)11-7-13-9(3)10(11)5-6-12-4/h8,11-13H,5-7H2,1-4H3. The van der Waals surface area contributed by atoms with Crippen LogP contribution in [0.4, 0.5) is 0 Å². The first-order valence-corrected chi connectivity index (χ1v) is 5.25. The molecule has 0 amide bonds. The molecular weight excluding hydrogens is 160 g/mol. The fourth-order valence-corrected chi connectivity index (χ4v) is 2.05. The Labute approximate surface area is 81.8 Å². The summed E-state index contributed by atoms with van der Waals surface area (Å²) in [6.45, 7) is 9.06. The summed E-state index contributed by atoms with van der Waals surface area (Å²) in [5, 5.41) is 6.67. The van der Waals surface area contributed by atoms with Gasteiger partial charge in [0.05, 0.1) is 0 Å². The maximum absolute atomic E-state index is 3.46. The lowest BCUT2D eigenvalue weighted by Gasteiger charge is -2.17. The van der Waals surface area contributed by atoms with E-state index in [2.05, 4.69) is 31.4 Å². The highest BCUT2D eigenvalue weighted by Crippen LogP contribution is 2.29. The Balaban J connectivity index is 2.59. The van der Waals surface area contributed by atoms with Gasteiger partial charge in [-0.05, 0) is 38.4 Å². The van der Waals surface area contributed by atoms with Crippen LogP contribution in [0.5, 0.6) is 0 Å². The van der Waals surface area contributed by atoms with Crippen LogP contribution in [0.3, 0.4) is 0 Å². The van der Waals surface area contributed by atoms with E-state index >= 15 is 0 Å². The predicted molar refractivity (Wildman–Crippen MR) is 57.6 cm³/mol. The minimum Gasteiger partial charge on any atom is -0.388 e. The Kier molecular flexibility index (Phi) is 3.79. The van der Waals surface area contributed by atoms with Crippen LogP contribution in [-0.4, -0.2) is 20.1 Å². The summed E-state index contributed by atoms with van der Waals surface area (Å²) in [5.74, 6) is 1.52. The third-order valence-corrected chi connectivity index (χ3v) is 2.97. The average molecular weight is 182 g/mol. The average Bonchev–Trinajstić information content (AvgIpc) is 2.43. The van der Waals surface area contributed by atoms with Crippen molar-refractivity contribution < 1.29 is 0 Å². The summed E-state index contributed by atoms with van der Waals surface area (Å²) in [5.41, 5.74) is 3.04. The normalized spacial score (nSPS) is 22.7. The van der Waals surface area contributed by atoms with Gasteiger partial charge in [-0.25, -0.2) is 0 Å². The van der Waals surface area contributed by atoms with E-state index in [-0.39, 0.29) is 0 Å². The van der Waals surface area contributed by atoms with Gasteiger partial charge in [0.15, 0.2) is 0 Å². The quantitative estimate of drug-likeness (QED) is 0.692. The van der Waals surface area contributed by atoms with Gasteiger partial charge in [-0.1, -0.05) is 13.8 Å². The summed E-state index contributed by atoms with van der Waals surface area (Å²) in [6.07, 6.45) is 1.19. The molecule has 1 aliphatic rings. The molecule has 0 aromatic rings. The molecule has 0 radical (unpaired) electrons. The molecule has 0 saturated heterocycles. The molecule has 1 aliphatic heterocycles. The number of hydrogen-bond acceptors (Lipinski definition) is 2. The van der Waals surface area contributed by atoms with Gasteiger partial charge in [0.2, 0.25) is 0 Å². The number of hydrogen-bond donors (Lipinski definition) is 2. The highest BCUT2D eigenvalue weighted by atomic mass is 14.9. The second kappa shape index (κ2) is 4.66. The second-order valence-corrected chi connectivity index (χ2v) is 4.24. The number of nitrogens with one attached hydrogen (secondary N) is 2. The summed E-state index contributed by atoms with van der Waals surface area (Å²) in [6, 6.07) is 0. The Bertz CT molecular complexity index is 194. The number of rotatable bonds is 4. The molecule has 0 aliphatic carbocycles. The molecule has 1 heterocycles. The van der Waals surface area contributed by atoms with Gasteiger partial charge in [0, 0.05) is 18.2 Å². The zero-order valence-electron chi connectivity index (χ0n) is 9.28. The minimum atomic E-state index is 0.758. The molecule has 1 rings (SSSR count). The van der Waals surface area contributed by atoms with Gasteiger partial charge < -0.3 is 10.6 Å². The molecule has 0 spiro atoms. The van der Waals surface area contributed by atoms with Gasteiger partial charge >= 0.3 is 0 Å². The van der Waals surface area contributed by atoms with Crippen LogP contribution in [0.25, 0.3) is 0 Å². The van der Waals surface area contributed by atoms with Crippen LogP contribution in [0, 0.1) is 11.8 Å². The minimum absolute atomic E-state index is 0.758. The highest BCUT2D eigenvalue weighted by molar-refractivity contribution is 5.21. The predicted octanol–water partition coefficient (Wildman–Crippen LogP) is 1.75. The number of allylic oxidation sites excluding steroid dienone is 1. The first-order chi connectivity index (χ1) is 6.16. The lowest BCUT2D eigenvalue weighted by Crippen LogP contribution is -2.18. The SMILES string of the molecule is CNCCC1=C(C)NCC1C(C)C. The van der Waals surface area contributed by atoms with E-state index < -0.39 is 0 Å². The van der Waals surface area contributed by atoms with Crippen molar-refractivity contribution in [3.63, 3.8) is 0 Å². The second-order valence-electron chi connectivity index (χ2n) is 4.24. The Hall–Kier alpha value is -0.500. The van der Waals surface area contributed by atoms with Crippen molar-refractivity contribution in [2.45, 2.75) is 27.2 Å². The van der Waals surface area contributed by atoms with E-state index in [1.807, 2.05) is 7.05 Å². The zero-order chi connectivity index (χ0) is 9.84. The molecule has 2 heteroatoms. The van der Waals surface area contributed by atoms with Gasteiger partial charge in [-0.15, -0.1) is 0 Å². The Morgan fingerprint density at radius 3 is 2.77 bits per heavy atom. The smallest absolute Gasteiger partial charge is 0.0212 e. The molecule has 1 unspecified atom stereocenters. The highest BCUT2D eigenvalue weighted by Gasteiger charge is 2.24. The molecular formula is C11H22N2. The first kappa shape index (κ1) is 10.6. The van der Waals surface area contributed by atoms with E-state index in [0.717, 1.165) is 24.9 Å². The third-order valence-electron chi connectivity index (χ3n) is 2.97. The van der Waals surface area contributed by atoms with Crippen molar-refractivity contribution in [3.8, 4) is 0 Å². The molecule has 0 aromatic carbocycles. The Morgan fingerprint density at radius 1 is 1.54 bits per heavy atom. The van der Waals surface area contributed by atoms with Crippen LogP contribution < -0.4 is 10.6 Å². The molecule has 2 N–H and O–H groups in total. The van der Waals surface area contributed by atoms with Crippen molar-refractivity contribution in [2.24, 2.45) is 11.8 Å². The van der Waals surface area contributed by atoms with Crippen LogP contribution >= 0.6 is 0 Å². The van der Waals surface area contributed by atoms with E-state index in [9.17, 15) is 0 Å². The van der Waals surface area contributed by atoms with E-state index in [0.29, 0.717) is 0 Å². The maximum Gasteiger partial charge on any atom is 0.0212 e. The molecule has 13 heavy (non-hydrogen) atoms. The van der Waals surface area contributed by atoms with Gasteiger partial charge in [-0.3, -0.25) is 0 Å². The zero-order valence-corrected chi connectivity index (χ0v) is 9.28. The van der Waals surface area contributed by atoms with Crippen LogP contribution in [0.15, 0.2) is 11.3 Å². The maximum atomic E-state index is 3.46. The van der Waals surface area contributed by atoms with Gasteiger partial charge in [0.25, 0.3) is 0 Å². The van der Waals surface area contributed by atoms with Crippen molar-refractivity contribution in [3.05, 3.63) is 11.3 Å². The first-order valence-electron chi connectivity index (χ1n) is 5.25. The summed E-state index contributed by atoms with van der Waals surface area (Å²) in [7, 11) is 2.02. The van der Waals surface area contributed by atoms with Gasteiger partial charge in [0.1, 0.15) is 0 Å². The Morgan fingerprint density at radius 2 is 2.23 bits per heavy atom. The van der Waals surface area contributed by atoms with Crippen LogP contribution in [-0.2, 0) is 0 Å². The lowest BCUT2D eigenvalue weighted by atomic mass is 9.88.